The largest absolute Gasteiger partial charge is 0.469 e. The van der Waals surface area contributed by atoms with Gasteiger partial charge in [0.1, 0.15) is 0 Å². The van der Waals surface area contributed by atoms with Gasteiger partial charge in [0.2, 0.25) is 0 Å². The van der Waals surface area contributed by atoms with Crippen molar-refractivity contribution in [2.24, 2.45) is 4.99 Å². The highest BCUT2D eigenvalue weighted by Crippen LogP contribution is 2.19. The molecule has 1 rings (SSSR count). The van der Waals surface area contributed by atoms with E-state index in [-0.39, 0.29) is 5.97 Å². The lowest BCUT2D eigenvalue weighted by Gasteiger charge is -2.15. The van der Waals surface area contributed by atoms with Crippen LogP contribution in [0, 0.1) is 0 Å². The molecule has 0 heterocycles. The highest BCUT2D eigenvalue weighted by atomic mass is 16.5. The van der Waals surface area contributed by atoms with Gasteiger partial charge in [-0.25, -0.2) is 0 Å². The minimum absolute atomic E-state index is 0.110. The molecule has 0 atom stereocenters. The number of hydrogen-bond acceptors (Lipinski definition) is 3. The van der Waals surface area contributed by atoms with Crippen molar-refractivity contribution in [3.05, 3.63) is 11.6 Å². The van der Waals surface area contributed by atoms with Crippen molar-refractivity contribution >= 4 is 11.9 Å². The van der Waals surface area contributed by atoms with Gasteiger partial charge in [0.25, 0.3) is 0 Å². The van der Waals surface area contributed by atoms with E-state index in [4.69, 9.17) is 0 Å². The van der Waals surface area contributed by atoms with Crippen LogP contribution in [0.2, 0.25) is 0 Å². The van der Waals surface area contributed by atoms with Crippen molar-refractivity contribution in [3.8, 4) is 0 Å². The number of nitrogens with one attached hydrogen (secondary N) is 2. The second kappa shape index (κ2) is 13.0. The van der Waals surface area contributed by atoms with Gasteiger partial charge in [0.15, 0.2) is 5.96 Å². The number of ether oxygens (including phenoxy) is 1. The number of allylic oxidation sites excluding steroid dienone is 1. The summed E-state index contributed by atoms with van der Waals surface area (Å²) < 4.78 is 4.63. The topological polar surface area (TPSA) is 62.7 Å². The maximum absolute atomic E-state index is 11.0. The zero-order chi connectivity index (χ0) is 16.8. The summed E-state index contributed by atoms with van der Waals surface area (Å²) >= 11 is 0. The molecule has 0 aromatic heterocycles. The van der Waals surface area contributed by atoms with E-state index in [0.717, 1.165) is 51.2 Å². The summed E-state index contributed by atoms with van der Waals surface area (Å²) in [4.78, 5) is 15.2. The van der Waals surface area contributed by atoms with Gasteiger partial charge in [0, 0.05) is 26.6 Å². The van der Waals surface area contributed by atoms with Crippen molar-refractivity contribution in [2.75, 3.05) is 27.2 Å². The summed E-state index contributed by atoms with van der Waals surface area (Å²) in [6.07, 6.45) is 13.4. The highest BCUT2D eigenvalue weighted by molar-refractivity contribution is 5.79. The molecule has 0 aromatic carbocycles. The van der Waals surface area contributed by atoms with Crippen LogP contribution in [0.1, 0.15) is 64.2 Å². The lowest BCUT2D eigenvalue weighted by molar-refractivity contribution is -0.140. The fourth-order valence-corrected chi connectivity index (χ4v) is 2.75. The fraction of sp³-hybridized carbons (Fsp3) is 0.778. The first-order chi connectivity index (χ1) is 11.3. The van der Waals surface area contributed by atoms with Gasteiger partial charge >= 0.3 is 5.97 Å². The van der Waals surface area contributed by atoms with E-state index in [1.807, 2.05) is 7.05 Å². The minimum Gasteiger partial charge on any atom is -0.469 e. The van der Waals surface area contributed by atoms with Gasteiger partial charge in [-0.15, -0.1) is 0 Å². The first-order valence-electron chi connectivity index (χ1n) is 8.95. The number of guanidine groups is 1. The molecule has 0 saturated heterocycles. The van der Waals surface area contributed by atoms with Crippen LogP contribution < -0.4 is 10.6 Å². The van der Waals surface area contributed by atoms with E-state index in [0.29, 0.717) is 6.42 Å². The third kappa shape index (κ3) is 9.97. The molecule has 2 N–H and O–H groups in total. The van der Waals surface area contributed by atoms with Gasteiger partial charge in [0.05, 0.1) is 7.11 Å². The van der Waals surface area contributed by atoms with Crippen LogP contribution in [0.15, 0.2) is 16.6 Å². The zero-order valence-electron chi connectivity index (χ0n) is 14.8. The predicted molar refractivity (Wildman–Crippen MR) is 95.6 cm³/mol. The fourth-order valence-electron chi connectivity index (χ4n) is 2.75. The monoisotopic (exact) mass is 323 g/mol. The van der Waals surface area contributed by atoms with Crippen molar-refractivity contribution < 1.29 is 9.53 Å². The van der Waals surface area contributed by atoms with Crippen LogP contribution >= 0.6 is 0 Å². The standard InChI is InChI=1S/C18H33N3O2/c1-19-18(21-15-13-16-10-6-5-7-11-16)20-14-9-4-3-8-12-17(22)23-2/h10H,3-9,11-15H2,1-2H3,(H2,19,20,21). The third-order valence-electron chi connectivity index (χ3n) is 4.17. The molecule has 0 fully saturated rings. The summed E-state index contributed by atoms with van der Waals surface area (Å²) in [5, 5.41) is 6.72. The number of esters is 1. The van der Waals surface area contributed by atoms with Gasteiger partial charge in [-0.3, -0.25) is 9.79 Å². The van der Waals surface area contributed by atoms with Crippen molar-refractivity contribution in [2.45, 2.75) is 64.2 Å². The van der Waals surface area contributed by atoms with Crippen molar-refractivity contribution in [3.63, 3.8) is 0 Å². The second-order valence-electron chi connectivity index (χ2n) is 6.02. The molecule has 0 unspecified atom stereocenters. The Balaban J connectivity index is 1.99. The Labute approximate surface area is 141 Å². The molecule has 0 spiro atoms. The van der Waals surface area contributed by atoms with Crippen LogP contribution in [-0.4, -0.2) is 39.2 Å². The number of carbonyl (C=O) groups is 1. The number of hydrogen-bond donors (Lipinski definition) is 2. The van der Waals surface area contributed by atoms with E-state index in [9.17, 15) is 4.79 Å². The van der Waals surface area contributed by atoms with Crippen LogP contribution in [-0.2, 0) is 9.53 Å². The Hall–Kier alpha value is -1.52. The summed E-state index contributed by atoms with van der Waals surface area (Å²) in [5.74, 6) is 0.775. The van der Waals surface area contributed by atoms with Crippen LogP contribution in [0.4, 0.5) is 0 Å². The van der Waals surface area contributed by atoms with Crippen LogP contribution in [0.3, 0.4) is 0 Å². The van der Waals surface area contributed by atoms with Crippen LogP contribution in [0.5, 0.6) is 0 Å². The molecule has 1 aliphatic rings. The molecule has 0 saturated carbocycles. The summed E-state index contributed by atoms with van der Waals surface area (Å²) in [6, 6.07) is 0. The Morgan fingerprint density at radius 3 is 2.65 bits per heavy atom. The molecule has 0 bridgehead atoms. The summed E-state index contributed by atoms with van der Waals surface area (Å²) in [6.45, 7) is 1.87. The number of rotatable bonds is 10. The van der Waals surface area contributed by atoms with E-state index in [1.54, 1.807) is 5.57 Å². The van der Waals surface area contributed by atoms with Gasteiger partial charge in [-0.1, -0.05) is 24.5 Å². The molecular weight excluding hydrogens is 290 g/mol. The van der Waals surface area contributed by atoms with E-state index < -0.39 is 0 Å². The third-order valence-corrected chi connectivity index (χ3v) is 4.17. The molecule has 1 aliphatic carbocycles. The molecule has 0 radical (unpaired) electrons. The number of unbranched alkanes of at least 4 members (excludes halogenated alkanes) is 3. The number of carbonyl (C=O) groups excluding carboxylic acids is 1. The zero-order valence-corrected chi connectivity index (χ0v) is 14.8. The molecule has 0 amide bonds. The Kier molecular flexibility index (Phi) is 11.0. The first kappa shape index (κ1) is 19.5. The normalized spacial score (nSPS) is 15.0. The quantitative estimate of drug-likeness (QED) is 0.213. The number of nitrogens with zero attached hydrogens (tertiary/aromatic N) is 1. The highest BCUT2D eigenvalue weighted by Gasteiger charge is 2.04. The Morgan fingerprint density at radius 2 is 1.96 bits per heavy atom. The lowest BCUT2D eigenvalue weighted by Crippen LogP contribution is -2.38. The van der Waals surface area contributed by atoms with Crippen molar-refractivity contribution in [1.82, 2.24) is 10.6 Å². The molecular formula is C18H33N3O2. The molecule has 5 heteroatoms. The maximum Gasteiger partial charge on any atom is 0.305 e. The predicted octanol–water partition coefficient (Wildman–Crippen LogP) is 3.17. The average Bonchev–Trinajstić information content (AvgIpc) is 2.59. The molecule has 5 nitrogen and oxygen atoms in total. The average molecular weight is 323 g/mol. The first-order valence-corrected chi connectivity index (χ1v) is 8.95. The van der Waals surface area contributed by atoms with Crippen molar-refractivity contribution in [1.29, 1.82) is 0 Å². The van der Waals surface area contributed by atoms with Crippen LogP contribution in [0.25, 0.3) is 0 Å². The van der Waals surface area contributed by atoms with Gasteiger partial charge in [-0.2, -0.15) is 0 Å². The smallest absolute Gasteiger partial charge is 0.305 e. The van der Waals surface area contributed by atoms with Gasteiger partial charge < -0.3 is 15.4 Å². The SMILES string of the molecule is CN=C(NCCCCCCC(=O)OC)NCCC1=CCCCC1. The molecule has 0 aliphatic heterocycles. The van der Waals surface area contributed by atoms with E-state index in [2.05, 4.69) is 26.4 Å². The number of aliphatic imine (C=N–C) groups is 1. The number of methoxy groups -OCH3 is 1. The Bertz CT molecular complexity index is 392. The summed E-state index contributed by atoms with van der Waals surface area (Å²) in [5.41, 5.74) is 1.59. The van der Waals surface area contributed by atoms with E-state index in [1.165, 1.54) is 32.8 Å². The molecule has 0 aromatic rings. The summed E-state index contributed by atoms with van der Waals surface area (Å²) in [7, 11) is 3.25. The minimum atomic E-state index is -0.110. The lowest BCUT2D eigenvalue weighted by atomic mass is 9.97. The molecule has 132 valence electrons. The van der Waals surface area contributed by atoms with Gasteiger partial charge in [-0.05, 0) is 44.9 Å². The maximum atomic E-state index is 11.0. The molecule has 23 heavy (non-hydrogen) atoms. The Morgan fingerprint density at radius 1 is 1.17 bits per heavy atom. The second-order valence-corrected chi connectivity index (χ2v) is 6.02. The van der Waals surface area contributed by atoms with E-state index >= 15 is 0 Å².